The highest BCUT2D eigenvalue weighted by molar-refractivity contribution is 5.77. The number of hydrogen-bond acceptors (Lipinski definition) is 3. The number of aryl methyl sites for hydroxylation is 2. The number of halogens is 1. The first-order valence-electron chi connectivity index (χ1n) is 9.32. The number of likely N-dealkylation sites (tertiary alicyclic amines) is 1. The molecule has 1 N–H and O–H groups in total. The van der Waals surface area contributed by atoms with Crippen molar-refractivity contribution in [1.82, 2.24) is 19.8 Å². The molecule has 1 amide bonds. The molecule has 0 bridgehead atoms. The highest BCUT2D eigenvalue weighted by atomic mass is 19.1. The number of nitrogens with one attached hydrogen (secondary N) is 1. The third-order valence-corrected chi connectivity index (χ3v) is 5.82. The molecule has 1 aromatic heterocycles. The molecule has 2 aliphatic rings. The maximum absolute atomic E-state index is 13.6. The molecular weight excluding hydrogens is 331 g/mol. The average molecular weight is 356 g/mol. The predicted octanol–water partition coefficient (Wildman–Crippen LogP) is 2.89. The minimum atomic E-state index is -0.168. The number of fused-ring (bicyclic) bond motifs is 1. The monoisotopic (exact) mass is 356 g/mol. The van der Waals surface area contributed by atoms with Crippen LogP contribution in [0.3, 0.4) is 0 Å². The van der Waals surface area contributed by atoms with Crippen molar-refractivity contribution in [2.45, 2.75) is 50.2 Å². The molecule has 1 unspecified atom stereocenters. The van der Waals surface area contributed by atoms with E-state index in [1.165, 1.54) is 5.56 Å². The number of hydrogen-bond donors (Lipinski definition) is 1. The van der Waals surface area contributed by atoms with Gasteiger partial charge in [0.1, 0.15) is 17.7 Å². The summed E-state index contributed by atoms with van der Waals surface area (Å²) in [4.78, 5) is 18.6. The van der Waals surface area contributed by atoms with E-state index in [1.54, 1.807) is 18.3 Å². The molecule has 0 saturated carbocycles. The van der Waals surface area contributed by atoms with Gasteiger partial charge in [-0.3, -0.25) is 4.79 Å². The molecule has 6 heteroatoms. The third kappa shape index (κ3) is 3.03. The molecule has 0 radical (unpaired) electrons. The summed E-state index contributed by atoms with van der Waals surface area (Å²) in [6.07, 6.45) is 8.02. The van der Waals surface area contributed by atoms with Gasteiger partial charge in [0.15, 0.2) is 0 Å². The molecule has 4 rings (SSSR count). The summed E-state index contributed by atoms with van der Waals surface area (Å²) < 4.78 is 15.6. The van der Waals surface area contributed by atoms with Crippen molar-refractivity contribution in [3.8, 4) is 0 Å². The Balaban J connectivity index is 1.63. The van der Waals surface area contributed by atoms with Gasteiger partial charge in [-0.2, -0.15) is 0 Å². The van der Waals surface area contributed by atoms with E-state index in [0.29, 0.717) is 6.42 Å². The summed E-state index contributed by atoms with van der Waals surface area (Å²) in [5, 5.41) is 3.78. The van der Waals surface area contributed by atoms with Crippen LogP contribution < -0.4 is 5.32 Å². The highest BCUT2D eigenvalue weighted by Gasteiger charge is 2.38. The van der Waals surface area contributed by atoms with E-state index < -0.39 is 0 Å². The van der Waals surface area contributed by atoms with Gasteiger partial charge in [0.2, 0.25) is 5.91 Å². The average Bonchev–Trinajstić information content (AvgIpc) is 3.04. The van der Waals surface area contributed by atoms with Crippen LogP contribution in [0.1, 0.15) is 54.7 Å². The quantitative estimate of drug-likeness (QED) is 0.920. The Morgan fingerprint density at radius 3 is 2.85 bits per heavy atom. The van der Waals surface area contributed by atoms with Gasteiger partial charge in [0, 0.05) is 45.0 Å². The fourth-order valence-corrected chi connectivity index (χ4v) is 4.44. The molecule has 5 nitrogen and oxygen atoms in total. The van der Waals surface area contributed by atoms with Crippen molar-refractivity contribution in [3.63, 3.8) is 0 Å². The first kappa shape index (κ1) is 17.2. The topological polar surface area (TPSA) is 50.2 Å². The second-order valence-electron chi connectivity index (χ2n) is 7.45. The molecule has 1 aliphatic heterocycles. The van der Waals surface area contributed by atoms with E-state index in [1.807, 2.05) is 35.8 Å². The molecule has 138 valence electrons. The van der Waals surface area contributed by atoms with Crippen molar-refractivity contribution in [1.29, 1.82) is 0 Å². The maximum Gasteiger partial charge on any atom is 0.223 e. The van der Waals surface area contributed by atoms with Gasteiger partial charge in [-0.25, -0.2) is 9.37 Å². The maximum atomic E-state index is 13.6. The summed E-state index contributed by atoms with van der Waals surface area (Å²) in [7, 11) is 3.82. The van der Waals surface area contributed by atoms with Gasteiger partial charge in [-0.1, -0.05) is 6.07 Å². The van der Waals surface area contributed by atoms with Crippen molar-refractivity contribution >= 4 is 5.91 Å². The fourth-order valence-electron chi connectivity index (χ4n) is 4.44. The fraction of sp³-hybridized carbons (Fsp3) is 0.500. The molecular formula is C20H25FN4O. The number of likely N-dealkylation sites (N-methyl/N-ethyl adjacent to an activating group) is 1. The number of benzene rings is 1. The number of aromatic nitrogens is 2. The Labute approximate surface area is 153 Å². The Morgan fingerprint density at radius 1 is 1.23 bits per heavy atom. The van der Waals surface area contributed by atoms with Crippen LogP contribution in [0.2, 0.25) is 0 Å². The van der Waals surface area contributed by atoms with Crippen molar-refractivity contribution in [2.75, 3.05) is 7.05 Å². The number of nitrogens with zero attached hydrogens (tertiary/aromatic N) is 3. The van der Waals surface area contributed by atoms with E-state index in [-0.39, 0.29) is 29.8 Å². The van der Waals surface area contributed by atoms with Crippen molar-refractivity contribution < 1.29 is 9.18 Å². The zero-order chi connectivity index (χ0) is 18.3. The minimum Gasteiger partial charge on any atom is -0.336 e. The number of piperidine rings is 1. The van der Waals surface area contributed by atoms with Gasteiger partial charge < -0.3 is 14.8 Å². The number of carbonyl (C=O) groups excluding carboxylic acids is 1. The predicted molar refractivity (Wildman–Crippen MR) is 97.0 cm³/mol. The summed E-state index contributed by atoms with van der Waals surface area (Å²) in [6.45, 7) is 0. The van der Waals surface area contributed by atoms with Gasteiger partial charge >= 0.3 is 0 Å². The lowest BCUT2D eigenvalue weighted by atomic mass is 9.85. The van der Waals surface area contributed by atoms with Crippen LogP contribution in [-0.2, 0) is 18.3 Å². The van der Waals surface area contributed by atoms with E-state index >= 15 is 0 Å². The van der Waals surface area contributed by atoms with Gasteiger partial charge in [-0.05, 0) is 48.9 Å². The standard InChI is InChI=1S/C20H25FN4O/c1-24-11-10-22-20(24)19-17(8-9-18(26)25(19)2)23-16-5-3-4-13-12-14(21)6-7-15(13)16/h6-7,10-12,16-17,19,23H,3-5,8-9H2,1-2H3/t16?,17-,19-/m1/s1. The molecule has 26 heavy (non-hydrogen) atoms. The summed E-state index contributed by atoms with van der Waals surface area (Å²) >= 11 is 0. The molecule has 1 aromatic carbocycles. The van der Waals surface area contributed by atoms with E-state index in [9.17, 15) is 9.18 Å². The normalized spacial score (nSPS) is 26.0. The van der Waals surface area contributed by atoms with Gasteiger partial charge in [-0.15, -0.1) is 0 Å². The number of imidazole rings is 1. The number of amides is 1. The Bertz CT molecular complexity index is 818. The summed E-state index contributed by atoms with van der Waals surface area (Å²) in [5.41, 5.74) is 2.29. The second kappa shape index (κ2) is 6.83. The molecule has 1 fully saturated rings. The van der Waals surface area contributed by atoms with Crippen LogP contribution in [0.15, 0.2) is 30.6 Å². The molecule has 2 heterocycles. The zero-order valence-electron chi connectivity index (χ0n) is 15.3. The first-order chi connectivity index (χ1) is 12.5. The number of rotatable bonds is 3. The lowest BCUT2D eigenvalue weighted by Crippen LogP contribution is -2.51. The molecule has 2 aromatic rings. The van der Waals surface area contributed by atoms with Crippen LogP contribution in [0.4, 0.5) is 4.39 Å². The van der Waals surface area contributed by atoms with Gasteiger partial charge in [0.05, 0.1) is 0 Å². The summed E-state index contributed by atoms with van der Waals surface area (Å²) in [6, 6.07) is 5.34. The third-order valence-electron chi connectivity index (χ3n) is 5.82. The molecule has 0 spiro atoms. The van der Waals surface area contributed by atoms with Crippen LogP contribution >= 0.6 is 0 Å². The Morgan fingerprint density at radius 2 is 2.08 bits per heavy atom. The summed E-state index contributed by atoms with van der Waals surface area (Å²) in [5.74, 6) is 0.883. The van der Waals surface area contributed by atoms with E-state index in [4.69, 9.17) is 0 Å². The first-order valence-corrected chi connectivity index (χ1v) is 9.32. The van der Waals surface area contributed by atoms with E-state index in [0.717, 1.165) is 37.1 Å². The highest BCUT2D eigenvalue weighted by Crippen LogP contribution is 2.35. The largest absolute Gasteiger partial charge is 0.336 e. The second-order valence-corrected chi connectivity index (χ2v) is 7.45. The van der Waals surface area contributed by atoms with E-state index in [2.05, 4.69) is 10.3 Å². The SMILES string of the molecule is CN1C(=O)CC[C@@H](NC2CCCc3cc(F)ccc32)[C@@H]1c1nccn1C. The van der Waals surface area contributed by atoms with Crippen molar-refractivity contribution in [3.05, 3.63) is 53.4 Å². The number of carbonyl (C=O) groups is 1. The smallest absolute Gasteiger partial charge is 0.223 e. The lowest BCUT2D eigenvalue weighted by molar-refractivity contribution is -0.136. The molecule has 1 saturated heterocycles. The van der Waals surface area contributed by atoms with Crippen LogP contribution in [0.25, 0.3) is 0 Å². The van der Waals surface area contributed by atoms with Crippen LogP contribution in [0, 0.1) is 5.82 Å². The lowest BCUT2D eigenvalue weighted by Gasteiger charge is -2.41. The minimum absolute atomic E-state index is 0.0953. The van der Waals surface area contributed by atoms with Gasteiger partial charge in [0.25, 0.3) is 0 Å². The van der Waals surface area contributed by atoms with Crippen LogP contribution in [-0.4, -0.2) is 33.4 Å². The van der Waals surface area contributed by atoms with Crippen molar-refractivity contribution in [2.24, 2.45) is 7.05 Å². The Hall–Kier alpha value is -2.21. The Kier molecular flexibility index (Phi) is 4.53. The zero-order valence-corrected chi connectivity index (χ0v) is 15.3. The molecule has 1 aliphatic carbocycles. The molecule has 3 atom stereocenters. The van der Waals surface area contributed by atoms with Crippen LogP contribution in [0.5, 0.6) is 0 Å².